The van der Waals surface area contributed by atoms with Crippen LogP contribution in [-0.2, 0) is 0 Å². The first kappa shape index (κ1) is 11.0. The molecule has 1 aromatic carbocycles. The van der Waals surface area contributed by atoms with E-state index in [1.54, 1.807) is 0 Å². The Morgan fingerprint density at radius 2 is 1.71 bits per heavy atom. The normalized spacial score (nSPS) is 12.6. The van der Waals surface area contributed by atoms with Crippen molar-refractivity contribution in [3.63, 3.8) is 0 Å². The van der Waals surface area contributed by atoms with Crippen LogP contribution in [0.1, 0.15) is 17.3 Å². The number of benzene rings is 1. The average Bonchev–Trinajstić information content (AvgIpc) is 2.12. The van der Waals surface area contributed by atoms with Crippen LogP contribution in [0.4, 0.5) is 13.2 Å². The van der Waals surface area contributed by atoms with Gasteiger partial charge in [-0.2, -0.15) is 0 Å². The van der Waals surface area contributed by atoms with Gasteiger partial charge in [-0.3, -0.25) is 4.79 Å². The molecule has 0 aliphatic rings. The molecule has 0 spiro atoms. The second kappa shape index (κ2) is 4.00. The van der Waals surface area contributed by atoms with E-state index in [9.17, 15) is 18.0 Å². The van der Waals surface area contributed by atoms with Gasteiger partial charge < -0.3 is 0 Å². The van der Waals surface area contributed by atoms with E-state index in [-0.39, 0.29) is 5.56 Å². The number of halogens is 4. The van der Waals surface area contributed by atoms with Gasteiger partial charge in [-0.25, -0.2) is 13.2 Å². The van der Waals surface area contributed by atoms with Gasteiger partial charge in [-0.1, -0.05) is 0 Å². The molecule has 0 fully saturated rings. The molecule has 0 saturated carbocycles. The lowest BCUT2D eigenvalue weighted by molar-refractivity contribution is 0.0990. The number of hydrogen-bond acceptors (Lipinski definition) is 1. The molecule has 1 nitrogen and oxygen atoms in total. The molecule has 0 amide bonds. The molecule has 1 aromatic rings. The molecule has 0 aromatic heterocycles. The quantitative estimate of drug-likeness (QED) is 0.427. The Kier molecular flexibility index (Phi) is 3.16. The fourth-order valence-electron chi connectivity index (χ4n) is 0.927. The van der Waals surface area contributed by atoms with Crippen LogP contribution in [0.25, 0.3) is 0 Å². The van der Waals surface area contributed by atoms with E-state index in [1.807, 2.05) is 0 Å². The van der Waals surface area contributed by atoms with Crippen LogP contribution in [-0.4, -0.2) is 11.2 Å². The van der Waals surface area contributed by atoms with Crippen molar-refractivity contribution in [1.29, 1.82) is 0 Å². The lowest BCUT2D eigenvalue weighted by Gasteiger charge is -2.03. The summed E-state index contributed by atoms with van der Waals surface area (Å²) in [5, 5.41) is -0.903. The predicted molar refractivity (Wildman–Crippen MR) is 46.0 cm³/mol. The van der Waals surface area contributed by atoms with E-state index >= 15 is 0 Å². The molecular formula is C9H6ClF3O. The molecule has 0 bridgehead atoms. The number of ketones is 1. The van der Waals surface area contributed by atoms with Crippen molar-refractivity contribution in [1.82, 2.24) is 0 Å². The van der Waals surface area contributed by atoms with Gasteiger partial charge in [-0.15, -0.1) is 11.6 Å². The van der Waals surface area contributed by atoms with Gasteiger partial charge in [0, 0.05) is 5.56 Å². The fourth-order valence-corrected chi connectivity index (χ4v) is 1.05. The monoisotopic (exact) mass is 222 g/mol. The zero-order valence-electron chi connectivity index (χ0n) is 7.15. The van der Waals surface area contributed by atoms with Crippen LogP contribution in [0.2, 0.25) is 0 Å². The third-order valence-corrected chi connectivity index (χ3v) is 1.83. The number of Topliss-reactive ketones (excluding diaryl/α,β-unsaturated/α-hetero) is 1. The first-order valence-electron chi connectivity index (χ1n) is 3.76. The van der Waals surface area contributed by atoms with Gasteiger partial charge in [0.25, 0.3) is 0 Å². The van der Waals surface area contributed by atoms with Crippen LogP contribution in [0.5, 0.6) is 0 Å². The summed E-state index contributed by atoms with van der Waals surface area (Å²) in [6.07, 6.45) is 0. The molecule has 0 aliphatic heterocycles. The van der Waals surface area contributed by atoms with Gasteiger partial charge in [0.2, 0.25) is 0 Å². The molecule has 0 radical (unpaired) electrons. The molecule has 76 valence electrons. The van der Waals surface area contributed by atoms with Gasteiger partial charge in [0.05, 0.1) is 5.38 Å². The summed E-state index contributed by atoms with van der Waals surface area (Å²) in [5.41, 5.74) is -0.274. The minimum atomic E-state index is -1.59. The second-order valence-electron chi connectivity index (χ2n) is 2.73. The van der Waals surface area contributed by atoms with E-state index in [2.05, 4.69) is 0 Å². The summed E-state index contributed by atoms with van der Waals surface area (Å²) in [5.74, 6) is -5.04. The minimum absolute atomic E-state index is 0.274. The second-order valence-corrected chi connectivity index (χ2v) is 3.39. The summed E-state index contributed by atoms with van der Waals surface area (Å²) in [6, 6.07) is 1.25. The van der Waals surface area contributed by atoms with Gasteiger partial charge in [0.1, 0.15) is 0 Å². The van der Waals surface area contributed by atoms with Crippen molar-refractivity contribution in [2.45, 2.75) is 12.3 Å². The number of rotatable bonds is 2. The number of alkyl halides is 1. The summed E-state index contributed by atoms with van der Waals surface area (Å²) < 4.78 is 37.8. The Bertz CT molecular complexity index is 353. The molecule has 0 aliphatic carbocycles. The van der Waals surface area contributed by atoms with Crippen molar-refractivity contribution >= 4 is 17.4 Å². The van der Waals surface area contributed by atoms with Gasteiger partial charge in [0.15, 0.2) is 23.2 Å². The van der Waals surface area contributed by atoms with Crippen LogP contribution < -0.4 is 0 Å². The maximum Gasteiger partial charge on any atom is 0.194 e. The Morgan fingerprint density at radius 3 is 2.07 bits per heavy atom. The largest absolute Gasteiger partial charge is 0.293 e. The molecule has 1 rings (SSSR count). The molecule has 0 saturated heterocycles. The standard InChI is InChI=1S/C9H6ClF3O/c1-4(10)9(14)5-2-6(11)8(13)7(12)3-5/h2-4H,1H3. The molecule has 1 unspecified atom stereocenters. The van der Waals surface area contributed by atoms with Crippen LogP contribution in [0.15, 0.2) is 12.1 Å². The van der Waals surface area contributed by atoms with Crippen LogP contribution in [0.3, 0.4) is 0 Å². The molecule has 0 heterocycles. The molecule has 5 heteroatoms. The first-order chi connectivity index (χ1) is 6.43. The van der Waals surface area contributed by atoms with Crippen molar-refractivity contribution in [3.05, 3.63) is 35.1 Å². The summed E-state index contributed by atoms with van der Waals surface area (Å²) in [4.78, 5) is 11.2. The topological polar surface area (TPSA) is 17.1 Å². The predicted octanol–water partition coefficient (Wildman–Crippen LogP) is 2.91. The van der Waals surface area contributed by atoms with Crippen LogP contribution >= 0.6 is 11.6 Å². The fraction of sp³-hybridized carbons (Fsp3) is 0.222. The molecular weight excluding hydrogens is 217 g/mol. The number of carbonyl (C=O) groups excluding carboxylic acids is 1. The van der Waals surface area contributed by atoms with E-state index in [0.717, 1.165) is 0 Å². The number of hydrogen-bond donors (Lipinski definition) is 0. The van der Waals surface area contributed by atoms with Crippen molar-refractivity contribution in [2.75, 3.05) is 0 Å². The molecule has 14 heavy (non-hydrogen) atoms. The zero-order valence-corrected chi connectivity index (χ0v) is 7.91. The Labute approximate surface area is 83.5 Å². The van der Waals surface area contributed by atoms with Crippen LogP contribution in [0, 0.1) is 17.5 Å². The highest BCUT2D eigenvalue weighted by atomic mass is 35.5. The Balaban J connectivity index is 3.19. The Hall–Kier alpha value is -1.03. The Morgan fingerprint density at radius 1 is 1.29 bits per heavy atom. The lowest BCUT2D eigenvalue weighted by Crippen LogP contribution is -2.11. The van der Waals surface area contributed by atoms with E-state index in [0.29, 0.717) is 12.1 Å². The highest BCUT2D eigenvalue weighted by Gasteiger charge is 2.17. The van der Waals surface area contributed by atoms with Crippen molar-refractivity contribution < 1.29 is 18.0 Å². The number of carbonyl (C=O) groups is 1. The maximum absolute atomic E-state index is 12.7. The van der Waals surface area contributed by atoms with E-state index < -0.39 is 28.6 Å². The third-order valence-electron chi connectivity index (χ3n) is 1.63. The zero-order chi connectivity index (χ0) is 10.9. The van der Waals surface area contributed by atoms with Gasteiger partial charge >= 0.3 is 0 Å². The first-order valence-corrected chi connectivity index (χ1v) is 4.20. The summed E-state index contributed by atoms with van der Waals surface area (Å²) in [7, 11) is 0. The average molecular weight is 223 g/mol. The van der Waals surface area contributed by atoms with E-state index in [1.165, 1.54) is 6.92 Å². The summed E-state index contributed by atoms with van der Waals surface area (Å²) >= 11 is 5.42. The lowest BCUT2D eigenvalue weighted by atomic mass is 10.1. The minimum Gasteiger partial charge on any atom is -0.293 e. The van der Waals surface area contributed by atoms with Crippen molar-refractivity contribution in [2.24, 2.45) is 0 Å². The highest BCUT2D eigenvalue weighted by Crippen LogP contribution is 2.16. The smallest absolute Gasteiger partial charge is 0.194 e. The summed E-state index contributed by atoms with van der Waals surface area (Å²) in [6.45, 7) is 1.36. The van der Waals surface area contributed by atoms with Crippen molar-refractivity contribution in [3.8, 4) is 0 Å². The maximum atomic E-state index is 12.7. The van der Waals surface area contributed by atoms with Gasteiger partial charge in [-0.05, 0) is 19.1 Å². The highest BCUT2D eigenvalue weighted by molar-refractivity contribution is 6.33. The SMILES string of the molecule is CC(Cl)C(=O)c1cc(F)c(F)c(F)c1. The third kappa shape index (κ3) is 2.07. The van der Waals surface area contributed by atoms with E-state index in [4.69, 9.17) is 11.6 Å². The molecule has 1 atom stereocenters. The molecule has 0 N–H and O–H groups in total.